The zero-order valence-electron chi connectivity index (χ0n) is 80.2. The Labute approximate surface area is 758 Å². The van der Waals surface area contributed by atoms with E-state index in [1.807, 2.05) is 153 Å². The fourth-order valence-electron chi connectivity index (χ4n) is 11.7. The molecule has 0 unspecified atom stereocenters. The van der Waals surface area contributed by atoms with Crippen molar-refractivity contribution in [2.75, 3.05) is 125 Å². The second-order valence-corrected chi connectivity index (χ2v) is 30.3. The minimum atomic E-state index is 0.0437. The molecule has 0 amide bonds. The minimum Gasteiger partial charge on any atom is -0.493 e. The van der Waals surface area contributed by atoms with Crippen molar-refractivity contribution in [1.29, 1.82) is 0 Å². The van der Waals surface area contributed by atoms with E-state index < -0.39 is 0 Å². The maximum Gasteiger partial charge on any atom is 0.188 e. The molecule has 0 heterocycles. The van der Waals surface area contributed by atoms with E-state index >= 15 is 0 Å². The van der Waals surface area contributed by atoms with Gasteiger partial charge in [-0.15, -0.1) is 0 Å². The van der Waals surface area contributed by atoms with Gasteiger partial charge in [-0.1, -0.05) is 258 Å². The molecular weight excluding hydrogens is 1590 g/mol. The molecule has 8 aromatic rings. The molecule has 18 nitrogen and oxygen atoms in total. The lowest BCUT2D eigenvalue weighted by Crippen LogP contribution is -2.17. The van der Waals surface area contributed by atoms with Gasteiger partial charge >= 0.3 is 0 Å². The van der Waals surface area contributed by atoms with Crippen LogP contribution in [0.4, 0.5) is 0 Å². The summed E-state index contributed by atoms with van der Waals surface area (Å²) in [5.41, 5.74) is 16.1. The average molecular weight is 1740 g/mol. The van der Waals surface area contributed by atoms with E-state index in [1.54, 1.807) is 76.1 Å². The van der Waals surface area contributed by atoms with Crippen molar-refractivity contribution in [2.45, 2.75) is 170 Å². The van der Waals surface area contributed by atoms with E-state index in [-0.39, 0.29) is 44.8 Å². The molecule has 8 rings (SSSR count). The Hall–Kier alpha value is -10.6. The van der Waals surface area contributed by atoms with Crippen molar-refractivity contribution >= 4 is 48.6 Å². The summed E-state index contributed by atoms with van der Waals surface area (Å²) in [6.45, 7) is 58.7. The number of rotatable bonds is 48. The van der Waals surface area contributed by atoms with Crippen molar-refractivity contribution in [3.63, 3.8) is 0 Å². The lowest BCUT2D eigenvalue weighted by atomic mass is 9.81. The first-order valence-electron chi connectivity index (χ1n) is 43.0. The van der Waals surface area contributed by atoms with Gasteiger partial charge in [0.15, 0.2) is 77.3 Å². The molecule has 0 N–H and O–H groups in total. The standard InChI is InChI=1S/C16H24O2.2C15H22O2.C14H20O2.C13H18O2.C12H16O3.C12H16O2.C11H14O3/c1-4-6-7-8-9-15-12-14(5-2)10-11-16(15)18-13-17-3;1-6-12-8-9-14(17-11-16-5)13(10-12)15(3,4)7-2;1-4-6-7-8-14-11-13(5-2)9-10-15(14)17-12-16-3;1-6-11-7-8-13(16-10-15-5)12(9-11)14(2,3)4;1-5-11-6-7-13(15-9-14-4)12(8-11)10(2)3;1-4-10-6-7-11(15-9-13-3)12(8-10)14-5-2;1-4-10-6-7-12(14-9-13-3)11(5-2)8-10;1-4-9-5-6-10(14-8-12-2)11(7-9)13-3/h5,10-12H,2,4,6-9,13H2,1,3H3;6,8-10H,1,7,11H2,2-5H3;5,9-11H,2,4,6-8,12H2,1,3H3;6-9H,1,10H2,2-5H3;5-8,10H,1,9H2,2-4H3;4,6-8H,1,5,9H2,2-3H3;4,6-8H,1,5,9H2,2-3H3;4-7H,1,8H2,2-3H3. The zero-order valence-corrected chi connectivity index (χ0v) is 80.2. The Morgan fingerprint density at radius 2 is 0.556 bits per heavy atom. The van der Waals surface area contributed by atoms with Crippen LogP contribution < -0.4 is 47.4 Å². The summed E-state index contributed by atoms with van der Waals surface area (Å²) in [5.74, 6) is 8.57. The van der Waals surface area contributed by atoms with E-state index in [0.717, 1.165) is 105 Å². The van der Waals surface area contributed by atoms with Crippen LogP contribution in [0, 0.1) is 0 Å². The summed E-state index contributed by atoms with van der Waals surface area (Å²) >= 11 is 0. The quantitative estimate of drug-likeness (QED) is 0.0261. The molecule has 0 atom stereocenters. The maximum absolute atomic E-state index is 5.62. The highest BCUT2D eigenvalue weighted by Gasteiger charge is 2.24. The van der Waals surface area contributed by atoms with Crippen LogP contribution in [0.15, 0.2) is 198 Å². The molecule has 0 aliphatic carbocycles. The topological polar surface area (TPSA) is 166 Å². The van der Waals surface area contributed by atoms with Crippen molar-refractivity contribution in [2.24, 2.45) is 0 Å². The molecule has 0 aromatic heterocycles. The van der Waals surface area contributed by atoms with E-state index in [2.05, 4.69) is 165 Å². The summed E-state index contributed by atoms with van der Waals surface area (Å²) in [4.78, 5) is 0. The first kappa shape index (κ1) is 113. The van der Waals surface area contributed by atoms with Crippen LogP contribution in [0.5, 0.6) is 57.5 Å². The van der Waals surface area contributed by atoms with Crippen LogP contribution in [0.1, 0.15) is 218 Å². The SMILES string of the molecule is C=Cc1ccc(OCOC)c(C(C)(C)C)c1.C=Cc1ccc(OCOC)c(C(C)(C)CC)c1.C=Cc1ccc(OCOC)c(C(C)C)c1.C=Cc1ccc(OCOC)c(CC)c1.C=Cc1ccc(OCOC)c(CCCCC)c1.C=Cc1ccc(OCOC)c(CCCCCC)c1.C=Cc1ccc(OCOC)c(OC)c1.C=Cc1ccc(OCOC)c(OCC)c1. The first-order chi connectivity index (χ1) is 60.8. The minimum absolute atomic E-state index is 0.0437. The third-order valence-electron chi connectivity index (χ3n) is 19.1. The number of aryl methyl sites for hydroxylation is 3. The van der Waals surface area contributed by atoms with Gasteiger partial charge in [-0.2, -0.15) is 0 Å². The summed E-state index contributed by atoms with van der Waals surface area (Å²) < 4.78 is 93.7. The molecule has 0 aliphatic rings. The van der Waals surface area contributed by atoms with Crippen LogP contribution in [0.3, 0.4) is 0 Å². The molecule has 18 heteroatoms. The molecule has 8 aromatic carbocycles. The monoisotopic (exact) mass is 1740 g/mol. The highest BCUT2D eigenvalue weighted by molar-refractivity contribution is 5.59. The molecule has 126 heavy (non-hydrogen) atoms. The molecule has 0 fully saturated rings. The fourth-order valence-corrected chi connectivity index (χ4v) is 11.7. The molecule has 0 saturated heterocycles. The molecular formula is C108H152O18. The molecule has 0 saturated carbocycles. The number of benzene rings is 8. The van der Waals surface area contributed by atoms with Crippen molar-refractivity contribution < 1.29 is 85.3 Å². The fraction of sp³-hybridized carbons (Fsp3) is 0.407. The van der Waals surface area contributed by atoms with Crippen LogP contribution in [-0.4, -0.2) is 125 Å². The first-order valence-corrected chi connectivity index (χ1v) is 43.0. The van der Waals surface area contributed by atoms with Gasteiger partial charge in [0.1, 0.15) is 34.5 Å². The van der Waals surface area contributed by atoms with Crippen molar-refractivity contribution in [1.82, 2.24) is 0 Å². The van der Waals surface area contributed by atoms with Crippen LogP contribution in [-0.2, 0) is 68.0 Å². The molecule has 692 valence electrons. The van der Waals surface area contributed by atoms with Gasteiger partial charge in [0, 0.05) is 68.0 Å². The van der Waals surface area contributed by atoms with E-state index in [0.29, 0.717) is 55.9 Å². The predicted octanol–water partition coefficient (Wildman–Crippen LogP) is 27.4. The summed E-state index contributed by atoms with van der Waals surface area (Å²) in [6.07, 6.45) is 27.5. The summed E-state index contributed by atoms with van der Waals surface area (Å²) in [5, 5.41) is 0. The van der Waals surface area contributed by atoms with Gasteiger partial charge in [-0.25, -0.2) is 0 Å². The maximum atomic E-state index is 5.62. The van der Waals surface area contributed by atoms with Gasteiger partial charge in [0.25, 0.3) is 0 Å². The third-order valence-corrected chi connectivity index (χ3v) is 19.1. The predicted molar refractivity (Wildman–Crippen MR) is 527 cm³/mol. The van der Waals surface area contributed by atoms with Gasteiger partial charge in [-0.3, -0.25) is 0 Å². The molecule has 0 radical (unpaired) electrons. The van der Waals surface area contributed by atoms with Gasteiger partial charge < -0.3 is 85.3 Å². The largest absolute Gasteiger partial charge is 0.493 e. The Morgan fingerprint density at radius 3 is 0.897 bits per heavy atom. The van der Waals surface area contributed by atoms with E-state index in [4.69, 9.17) is 85.3 Å². The Balaban J connectivity index is 0.000000721. The molecule has 0 spiro atoms. The van der Waals surface area contributed by atoms with Crippen LogP contribution >= 0.6 is 0 Å². The zero-order chi connectivity index (χ0) is 93.9. The lowest BCUT2D eigenvalue weighted by Gasteiger charge is -2.26. The van der Waals surface area contributed by atoms with Crippen LogP contribution in [0.2, 0.25) is 0 Å². The Bertz CT molecular complexity index is 4290. The summed E-state index contributed by atoms with van der Waals surface area (Å²) in [7, 11) is 14.5. The highest BCUT2D eigenvalue weighted by Crippen LogP contribution is 2.37. The van der Waals surface area contributed by atoms with Crippen molar-refractivity contribution in [3.8, 4) is 57.5 Å². The second-order valence-electron chi connectivity index (χ2n) is 30.3. The number of hydrogen-bond donors (Lipinski definition) is 0. The van der Waals surface area contributed by atoms with Gasteiger partial charge in [0.05, 0.1) is 13.7 Å². The highest BCUT2D eigenvalue weighted by atomic mass is 16.7. The lowest BCUT2D eigenvalue weighted by molar-refractivity contribution is 0.0486. The van der Waals surface area contributed by atoms with Gasteiger partial charge in [-0.05, 0) is 226 Å². The van der Waals surface area contributed by atoms with Gasteiger partial charge in [0.2, 0.25) is 0 Å². The third kappa shape index (κ3) is 45.0. The summed E-state index contributed by atoms with van der Waals surface area (Å²) in [6, 6.07) is 47.9. The smallest absolute Gasteiger partial charge is 0.188 e. The number of ether oxygens (including phenoxy) is 18. The number of unbranched alkanes of at least 4 members (excludes halogenated alkanes) is 5. The van der Waals surface area contributed by atoms with E-state index in [9.17, 15) is 0 Å². The Morgan fingerprint density at radius 1 is 0.278 bits per heavy atom. The Kier molecular flexibility index (Phi) is 61.7. The average Bonchev–Trinajstić information content (AvgIpc) is 0.816. The van der Waals surface area contributed by atoms with E-state index in [1.165, 1.54) is 78.3 Å². The normalized spacial score (nSPS) is 10.4. The molecule has 0 bridgehead atoms. The van der Waals surface area contributed by atoms with Crippen LogP contribution in [0.25, 0.3) is 48.6 Å². The number of hydrogen-bond acceptors (Lipinski definition) is 18. The molecule has 0 aliphatic heterocycles. The van der Waals surface area contributed by atoms with Crippen molar-refractivity contribution in [3.05, 3.63) is 276 Å². The second kappa shape index (κ2) is 68.6. The number of methoxy groups -OCH3 is 9.